The van der Waals surface area contributed by atoms with E-state index in [9.17, 15) is 0 Å². The van der Waals surface area contributed by atoms with Crippen LogP contribution in [0.4, 0.5) is 0 Å². The van der Waals surface area contributed by atoms with Crippen LogP contribution in [-0.4, -0.2) is 0 Å². The van der Waals surface area contributed by atoms with E-state index in [1.54, 1.807) is 0 Å². The summed E-state index contributed by atoms with van der Waals surface area (Å²) in [4.78, 5) is 0. The fraction of sp³-hybridized carbons (Fsp3) is 0.250. The van der Waals surface area contributed by atoms with Crippen LogP contribution in [0.25, 0.3) is 0 Å². The van der Waals surface area contributed by atoms with Crippen LogP contribution in [0.2, 0.25) is 5.02 Å². The second-order valence-electron chi connectivity index (χ2n) is 5.06. The largest absolute Gasteiger partial charge is 0.271 e. The van der Waals surface area contributed by atoms with Crippen LogP contribution in [0.15, 0.2) is 30.3 Å². The third-order valence-electron chi connectivity index (χ3n) is 3.63. The Morgan fingerprint density at radius 3 is 2.30 bits per heavy atom. The molecule has 0 amide bonds. The number of hydrogen-bond acceptors (Lipinski definition) is 2. The van der Waals surface area contributed by atoms with Crippen LogP contribution in [0.1, 0.15) is 33.9 Å². The van der Waals surface area contributed by atoms with Crippen molar-refractivity contribution in [2.45, 2.75) is 26.8 Å². The molecule has 2 aromatic rings. The van der Waals surface area contributed by atoms with Gasteiger partial charge in [-0.2, -0.15) is 0 Å². The van der Waals surface area contributed by atoms with Crippen molar-refractivity contribution in [1.29, 1.82) is 0 Å². The average Bonchev–Trinajstić information content (AvgIpc) is 2.40. The highest BCUT2D eigenvalue weighted by Crippen LogP contribution is 2.31. The zero-order valence-electron chi connectivity index (χ0n) is 11.8. The van der Waals surface area contributed by atoms with E-state index in [0.717, 1.165) is 14.2 Å². The van der Waals surface area contributed by atoms with Crippen LogP contribution >= 0.6 is 34.2 Å². The minimum atomic E-state index is -0.0556. The first-order chi connectivity index (χ1) is 9.43. The van der Waals surface area contributed by atoms with E-state index in [2.05, 4.69) is 60.9 Å². The Bertz CT molecular complexity index is 641. The molecule has 0 radical (unpaired) electrons. The first-order valence-electron chi connectivity index (χ1n) is 6.43. The molecule has 2 rings (SSSR count). The Kier molecular flexibility index (Phi) is 5.07. The highest BCUT2D eigenvalue weighted by atomic mass is 127. The van der Waals surface area contributed by atoms with Gasteiger partial charge in [0.2, 0.25) is 0 Å². The first-order valence-corrected chi connectivity index (χ1v) is 7.88. The van der Waals surface area contributed by atoms with Crippen LogP contribution < -0.4 is 11.3 Å². The van der Waals surface area contributed by atoms with Crippen molar-refractivity contribution in [3.05, 3.63) is 66.7 Å². The fourth-order valence-electron chi connectivity index (χ4n) is 2.38. The van der Waals surface area contributed by atoms with Gasteiger partial charge in [0.1, 0.15) is 0 Å². The third-order valence-corrected chi connectivity index (χ3v) is 4.85. The molecular weight excluding hydrogens is 383 g/mol. The predicted molar refractivity (Wildman–Crippen MR) is 94.0 cm³/mol. The number of hydrazine groups is 1. The van der Waals surface area contributed by atoms with Crippen molar-refractivity contribution >= 4 is 34.2 Å². The number of benzene rings is 2. The maximum atomic E-state index is 6.13. The summed E-state index contributed by atoms with van der Waals surface area (Å²) in [7, 11) is 0. The Labute approximate surface area is 138 Å². The molecule has 20 heavy (non-hydrogen) atoms. The molecule has 4 heteroatoms. The van der Waals surface area contributed by atoms with Crippen LogP contribution in [0.3, 0.4) is 0 Å². The summed E-state index contributed by atoms with van der Waals surface area (Å²) < 4.78 is 1.15. The zero-order valence-corrected chi connectivity index (χ0v) is 14.7. The van der Waals surface area contributed by atoms with E-state index in [4.69, 9.17) is 17.4 Å². The quantitative estimate of drug-likeness (QED) is 0.455. The molecular formula is C16H18ClIN2. The molecule has 0 fully saturated rings. The summed E-state index contributed by atoms with van der Waals surface area (Å²) in [6, 6.07) is 10.2. The second-order valence-corrected chi connectivity index (χ2v) is 6.66. The maximum Gasteiger partial charge on any atom is 0.0723 e. The molecule has 0 aliphatic heterocycles. The number of rotatable bonds is 3. The molecule has 2 aromatic carbocycles. The van der Waals surface area contributed by atoms with Gasteiger partial charge >= 0.3 is 0 Å². The summed E-state index contributed by atoms with van der Waals surface area (Å²) in [5, 5.41) is 0.724. The molecule has 0 saturated carbocycles. The maximum absolute atomic E-state index is 6.13. The molecule has 0 aliphatic rings. The molecule has 0 spiro atoms. The zero-order chi connectivity index (χ0) is 14.9. The van der Waals surface area contributed by atoms with Gasteiger partial charge in [-0.15, -0.1) is 0 Å². The highest BCUT2D eigenvalue weighted by Gasteiger charge is 2.18. The van der Waals surface area contributed by atoms with Crippen LogP contribution in [-0.2, 0) is 0 Å². The number of halogens is 2. The van der Waals surface area contributed by atoms with Crippen molar-refractivity contribution in [3.63, 3.8) is 0 Å². The SMILES string of the molecule is Cc1cc(C)c(C(NN)c2cc(Cl)ccc2I)cc1C. The lowest BCUT2D eigenvalue weighted by molar-refractivity contribution is 0.630. The van der Waals surface area contributed by atoms with E-state index in [1.807, 2.05) is 18.2 Å². The van der Waals surface area contributed by atoms with E-state index in [0.29, 0.717) is 0 Å². The Hall–Kier alpha value is -0.620. The van der Waals surface area contributed by atoms with Gasteiger partial charge in [0.15, 0.2) is 0 Å². The molecule has 0 bridgehead atoms. The lowest BCUT2D eigenvalue weighted by Crippen LogP contribution is -2.30. The van der Waals surface area contributed by atoms with Gasteiger partial charge in [-0.3, -0.25) is 5.84 Å². The Balaban J connectivity index is 2.58. The van der Waals surface area contributed by atoms with Crippen molar-refractivity contribution in [2.24, 2.45) is 5.84 Å². The van der Waals surface area contributed by atoms with E-state index in [1.165, 1.54) is 22.3 Å². The molecule has 1 atom stereocenters. The highest BCUT2D eigenvalue weighted by molar-refractivity contribution is 14.1. The number of aryl methyl sites for hydroxylation is 3. The first kappa shape index (κ1) is 15.8. The topological polar surface area (TPSA) is 38.0 Å². The van der Waals surface area contributed by atoms with Gasteiger partial charge in [-0.1, -0.05) is 23.7 Å². The van der Waals surface area contributed by atoms with Crippen molar-refractivity contribution < 1.29 is 0 Å². The Morgan fingerprint density at radius 2 is 1.65 bits per heavy atom. The lowest BCUT2D eigenvalue weighted by atomic mass is 9.92. The summed E-state index contributed by atoms with van der Waals surface area (Å²) in [5.41, 5.74) is 9.01. The molecule has 0 heterocycles. The third kappa shape index (κ3) is 3.17. The lowest BCUT2D eigenvalue weighted by Gasteiger charge is -2.22. The normalized spacial score (nSPS) is 12.5. The molecule has 0 saturated heterocycles. The smallest absolute Gasteiger partial charge is 0.0723 e. The summed E-state index contributed by atoms with van der Waals surface area (Å²) in [6.45, 7) is 6.36. The molecule has 0 aliphatic carbocycles. The number of nitrogens with one attached hydrogen (secondary N) is 1. The standard InChI is InChI=1S/C16H18ClIN2/c1-9-6-11(3)13(7-10(9)2)16(20-19)14-8-12(17)4-5-15(14)18/h4-8,16,20H,19H2,1-3H3. The molecule has 1 unspecified atom stereocenters. The van der Waals surface area contributed by atoms with Crippen molar-refractivity contribution in [2.75, 3.05) is 0 Å². The predicted octanol–water partition coefficient (Wildman–Crippen LogP) is 4.42. The van der Waals surface area contributed by atoms with Gasteiger partial charge in [-0.05, 0) is 89.4 Å². The monoisotopic (exact) mass is 400 g/mol. The molecule has 2 nitrogen and oxygen atoms in total. The number of hydrogen-bond donors (Lipinski definition) is 2. The van der Waals surface area contributed by atoms with Gasteiger partial charge < -0.3 is 0 Å². The molecule has 106 valence electrons. The van der Waals surface area contributed by atoms with Crippen molar-refractivity contribution in [1.82, 2.24) is 5.43 Å². The Morgan fingerprint density at radius 1 is 1.00 bits per heavy atom. The van der Waals surface area contributed by atoms with Gasteiger partial charge in [0.25, 0.3) is 0 Å². The van der Waals surface area contributed by atoms with Gasteiger partial charge in [0, 0.05) is 8.59 Å². The minimum absolute atomic E-state index is 0.0556. The van der Waals surface area contributed by atoms with E-state index in [-0.39, 0.29) is 6.04 Å². The van der Waals surface area contributed by atoms with Crippen molar-refractivity contribution in [3.8, 4) is 0 Å². The average molecular weight is 401 g/mol. The van der Waals surface area contributed by atoms with Crippen LogP contribution in [0.5, 0.6) is 0 Å². The number of nitrogens with two attached hydrogens (primary N) is 1. The molecule has 0 aromatic heterocycles. The van der Waals surface area contributed by atoms with Gasteiger partial charge in [-0.25, -0.2) is 5.43 Å². The second kappa shape index (κ2) is 6.43. The summed E-state index contributed by atoms with van der Waals surface area (Å²) >= 11 is 8.44. The van der Waals surface area contributed by atoms with Crippen LogP contribution in [0, 0.1) is 24.3 Å². The minimum Gasteiger partial charge on any atom is -0.271 e. The summed E-state index contributed by atoms with van der Waals surface area (Å²) in [6.07, 6.45) is 0. The molecule has 3 N–H and O–H groups in total. The van der Waals surface area contributed by atoms with Gasteiger partial charge in [0.05, 0.1) is 6.04 Å². The van der Waals surface area contributed by atoms with E-state index < -0.39 is 0 Å². The summed E-state index contributed by atoms with van der Waals surface area (Å²) in [5.74, 6) is 5.82. The fourth-order valence-corrected chi connectivity index (χ4v) is 3.20. The van der Waals surface area contributed by atoms with E-state index >= 15 is 0 Å².